The molecular formula is C24H23NO5. The molecule has 3 heterocycles. The third-order valence-corrected chi connectivity index (χ3v) is 5.98. The lowest BCUT2D eigenvalue weighted by atomic mass is 9.98. The molecule has 0 bridgehead atoms. The Hall–Kier alpha value is -3.12. The molecule has 2 atom stereocenters. The Morgan fingerprint density at radius 1 is 1.13 bits per heavy atom. The summed E-state index contributed by atoms with van der Waals surface area (Å²) in [5.74, 6) is 0.589. The van der Waals surface area contributed by atoms with Crippen LogP contribution in [0.5, 0.6) is 5.75 Å². The lowest BCUT2D eigenvalue weighted by Crippen LogP contribution is -2.36. The molecule has 154 valence electrons. The third-order valence-electron chi connectivity index (χ3n) is 5.98. The zero-order chi connectivity index (χ0) is 20.8. The Balaban J connectivity index is 1.69. The van der Waals surface area contributed by atoms with Gasteiger partial charge in [0, 0.05) is 13.2 Å². The zero-order valence-corrected chi connectivity index (χ0v) is 17.0. The van der Waals surface area contributed by atoms with E-state index in [9.17, 15) is 9.59 Å². The molecule has 5 rings (SSSR count). The minimum Gasteiger partial charge on any atom is -0.497 e. The molecule has 0 spiro atoms. The molecule has 0 radical (unpaired) electrons. The minimum atomic E-state index is -0.510. The summed E-state index contributed by atoms with van der Waals surface area (Å²) in [7, 11) is 1.61. The molecule has 30 heavy (non-hydrogen) atoms. The van der Waals surface area contributed by atoms with Crippen LogP contribution in [0.3, 0.4) is 0 Å². The van der Waals surface area contributed by atoms with Crippen LogP contribution >= 0.6 is 0 Å². The summed E-state index contributed by atoms with van der Waals surface area (Å²) in [6.45, 7) is 3.06. The molecule has 1 saturated heterocycles. The van der Waals surface area contributed by atoms with Crippen LogP contribution in [0.25, 0.3) is 11.0 Å². The largest absolute Gasteiger partial charge is 0.497 e. The molecular weight excluding hydrogens is 382 g/mol. The number of amides is 1. The van der Waals surface area contributed by atoms with Crippen LogP contribution in [0.2, 0.25) is 0 Å². The van der Waals surface area contributed by atoms with E-state index in [2.05, 4.69) is 0 Å². The second-order valence-electron chi connectivity index (χ2n) is 7.94. The summed E-state index contributed by atoms with van der Waals surface area (Å²) in [4.78, 5) is 28.6. The van der Waals surface area contributed by atoms with Crippen molar-refractivity contribution in [2.24, 2.45) is 0 Å². The maximum Gasteiger partial charge on any atom is 0.291 e. The SMILES string of the molecule is COc1ccc([C@@H]2c3c(oc4ccc(C)cc4c3=O)C(=O)N2C[C@@H]2CCCO2)cc1. The number of rotatable bonds is 4. The van der Waals surface area contributed by atoms with Crippen LogP contribution in [0.4, 0.5) is 0 Å². The van der Waals surface area contributed by atoms with Gasteiger partial charge >= 0.3 is 0 Å². The van der Waals surface area contributed by atoms with Crippen LogP contribution in [-0.4, -0.2) is 37.2 Å². The van der Waals surface area contributed by atoms with E-state index in [4.69, 9.17) is 13.9 Å². The summed E-state index contributed by atoms with van der Waals surface area (Å²) < 4.78 is 17.0. The normalized spacial score (nSPS) is 20.7. The lowest BCUT2D eigenvalue weighted by molar-refractivity contribution is 0.0486. The lowest BCUT2D eigenvalue weighted by Gasteiger charge is -2.27. The third kappa shape index (κ3) is 2.99. The highest BCUT2D eigenvalue weighted by Crippen LogP contribution is 2.39. The minimum absolute atomic E-state index is 0.0317. The van der Waals surface area contributed by atoms with Crippen molar-refractivity contribution in [3.8, 4) is 5.75 Å². The van der Waals surface area contributed by atoms with Crippen LogP contribution in [0, 0.1) is 6.92 Å². The summed E-state index contributed by atoms with van der Waals surface area (Å²) in [6.07, 6.45) is 1.85. The maximum absolute atomic E-state index is 13.5. The molecule has 0 saturated carbocycles. The van der Waals surface area contributed by atoms with Crippen LogP contribution in [0.1, 0.15) is 46.1 Å². The van der Waals surface area contributed by atoms with Gasteiger partial charge in [-0.25, -0.2) is 0 Å². The van der Waals surface area contributed by atoms with Crippen molar-refractivity contribution in [3.63, 3.8) is 0 Å². The van der Waals surface area contributed by atoms with Gasteiger partial charge in [0.05, 0.1) is 30.2 Å². The highest BCUT2D eigenvalue weighted by molar-refractivity contribution is 5.99. The summed E-state index contributed by atoms with van der Waals surface area (Å²) >= 11 is 0. The summed E-state index contributed by atoms with van der Waals surface area (Å²) in [5, 5.41) is 0.499. The van der Waals surface area contributed by atoms with Crippen LogP contribution in [-0.2, 0) is 4.74 Å². The number of hydrogen-bond acceptors (Lipinski definition) is 5. The number of ether oxygens (including phenoxy) is 2. The number of aryl methyl sites for hydroxylation is 1. The van der Waals surface area contributed by atoms with E-state index in [1.807, 2.05) is 43.3 Å². The van der Waals surface area contributed by atoms with E-state index < -0.39 is 6.04 Å². The fourth-order valence-corrected chi connectivity index (χ4v) is 4.46. The second kappa shape index (κ2) is 7.29. The second-order valence-corrected chi connectivity index (χ2v) is 7.94. The monoisotopic (exact) mass is 405 g/mol. The van der Waals surface area contributed by atoms with Gasteiger partial charge in [-0.1, -0.05) is 23.8 Å². The molecule has 2 aliphatic rings. The fourth-order valence-electron chi connectivity index (χ4n) is 4.46. The molecule has 1 fully saturated rings. The number of carbonyl (C=O) groups excluding carboxylic acids is 1. The van der Waals surface area contributed by atoms with E-state index in [1.165, 1.54) is 0 Å². The van der Waals surface area contributed by atoms with Crippen molar-refractivity contribution in [2.75, 3.05) is 20.3 Å². The first-order valence-corrected chi connectivity index (χ1v) is 10.2. The van der Waals surface area contributed by atoms with E-state index in [0.717, 1.165) is 29.7 Å². The van der Waals surface area contributed by atoms with E-state index in [0.29, 0.717) is 29.7 Å². The van der Waals surface area contributed by atoms with Crippen molar-refractivity contribution in [1.29, 1.82) is 0 Å². The predicted octanol–water partition coefficient (Wildman–Crippen LogP) is 3.83. The molecule has 1 aromatic heterocycles. The molecule has 6 nitrogen and oxygen atoms in total. The molecule has 1 amide bonds. The van der Waals surface area contributed by atoms with Crippen LogP contribution in [0.15, 0.2) is 51.7 Å². The van der Waals surface area contributed by atoms with Gasteiger partial charge in [-0.15, -0.1) is 0 Å². The molecule has 0 N–H and O–H groups in total. The van der Waals surface area contributed by atoms with Crippen molar-refractivity contribution in [3.05, 3.63) is 75.1 Å². The van der Waals surface area contributed by atoms with Crippen molar-refractivity contribution < 1.29 is 18.7 Å². The Bertz CT molecular complexity index is 1170. The summed E-state index contributed by atoms with van der Waals surface area (Å²) in [6, 6.07) is 12.4. The molecule has 2 aliphatic heterocycles. The smallest absolute Gasteiger partial charge is 0.291 e. The average molecular weight is 405 g/mol. The number of hydrogen-bond donors (Lipinski definition) is 0. The average Bonchev–Trinajstić information content (AvgIpc) is 3.37. The van der Waals surface area contributed by atoms with Gasteiger partial charge in [-0.05, 0) is 49.6 Å². The number of benzene rings is 2. The number of methoxy groups -OCH3 is 1. The fraction of sp³-hybridized carbons (Fsp3) is 0.333. The Morgan fingerprint density at radius 3 is 2.63 bits per heavy atom. The number of nitrogens with zero attached hydrogens (tertiary/aromatic N) is 1. The predicted molar refractivity (Wildman–Crippen MR) is 112 cm³/mol. The summed E-state index contributed by atoms with van der Waals surface area (Å²) in [5.41, 5.74) is 2.50. The van der Waals surface area contributed by atoms with Crippen molar-refractivity contribution in [2.45, 2.75) is 31.9 Å². The first-order valence-electron chi connectivity index (χ1n) is 10.2. The highest BCUT2D eigenvalue weighted by Gasteiger charge is 2.43. The highest BCUT2D eigenvalue weighted by atomic mass is 16.5. The number of fused-ring (bicyclic) bond motifs is 2. The zero-order valence-electron chi connectivity index (χ0n) is 17.0. The van der Waals surface area contributed by atoms with E-state index >= 15 is 0 Å². The van der Waals surface area contributed by atoms with E-state index in [1.54, 1.807) is 18.1 Å². The van der Waals surface area contributed by atoms with Crippen LogP contribution < -0.4 is 10.2 Å². The maximum atomic E-state index is 13.5. The van der Waals surface area contributed by atoms with Crippen molar-refractivity contribution in [1.82, 2.24) is 4.90 Å². The van der Waals surface area contributed by atoms with Gasteiger partial charge in [0.25, 0.3) is 5.91 Å². The Kier molecular flexibility index (Phi) is 4.59. The van der Waals surface area contributed by atoms with E-state index in [-0.39, 0.29) is 23.2 Å². The molecule has 0 aliphatic carbocycles. The van der Waals surface area contributed by atoms with Gasteiger partial charge in [-0.3, -0.25) is 9.59 Å². The molecule has 0 unspecified atom stereocenters. The number of carbonyl (C=O) groups is 1. The van der Waals surface area contributed by atoms with Crippen molar-refractivity contribution >= 4 is 16.9 Å². The first-order chi connectivity index (χ1) is 14.6. The molecule has 6 heteroatoms. The Labute approximate surface area is 174 Å². The Morgan fingerprint density at radius 2 is 1.93 bits per heavy atom. The first kappa shape index (κ1) is 18.9. The van der Waals surface area contributed by atoms with Gasteiger partial charge in [-0.2, -0.15) is 0 Å². The topological polar surface area (TPSA) is 69.0 Å². The van der Waals surface area contributed by atoms with Gasteiger partial charge in [0.15, 0.2) is 5.43 Å². The van der Waals surface area contributed by atoms with Gasteiger partial charge in [0.2, 0.25) is 5.76 Å². The quantitative estimate of drug-likeness (QED) is 0.660. The molecule has 2 aromatic carbocycles. The standard InChI is InChI=1S/C24H23NO5/c1-14-5-10-19-18(12-14)22(26)20-21(15-6-8-16(28-2)9-7-15)25(24(27)23(20)30-19)13-17-4-3-11-29-17/h5-10,12,17,21H,3-4,11,13H2,1-2H3/t17-,21+/m0/s1. The van der Waals surface area contributed by atoms with Gasteiger partial charge in [0.1, 0.15) is 11.3 Å². The molecule has 3 aromatic rings. The van der Waals surface area contributed by atoms with Gasteiger partial charge < -0.3 is 18.8 Å².